The highest BCUT2D eigenvalue weighted by Crippen LogP contribution is 2.28. The van der Waals surface area contributed by atoms with Crippen LogP contribution in [0.25, 0.3) is 0 Å². The van der Waals surface area contributed by atoms with Crippen LogP contribution in [0, 0.1) is 18.3 Å². The number of rotatable bonds is 3. The van der Waals surface area contributed by atoms with Crippen molar-refractivity contribution in [3.8, 4) is 6.07 Å². The van der Waals surface area contributed by atoms with Crippen LogP contribution in [-0.2, 0) is 0 Å². The molecule has 0 bridgehead atoms. The Morgan fingerprint density at radius 1 is 1.50 bits per heavy atom. The molecular weight excluding hydrogens is 238 g/mol. The Balaban J connectivity index is 2.80. The Labute approximate surface area is 93.9 Å². The molecule has 0 aromatic heterocycles. The van der Waals surface area contributed by atoms with Gasteiger partial charge in [-0.05, 0) is 36.5 Å². The van der Waals surface area contributed by atoms with Crippen molar-refractivity contribution >= 4 is 15.9 Å². The van der Waals surface area contributed by atoms with E-state index >= 15 is 0 Å². The second-order valence-electron chi connectivity index (χ2n) is 3.62. The molecule has 1 unspecified atom stereocenters. The number of halogens is 1. The first-order valence-electron chi connectivity index (χ1n) is 4.78. The normalized spacial score (nSPS) is 12.1. The molecule has 74 valence electrons. The molecule has 0 aliphatic heterocycles. The molecule has 0 radical (unpaired) electrons. The van der Waals surface area contributed by atoms with E-state index in [1.54, 1.807) is 0 Å². The number of hydrogen-bond donors (Lipinski definition) is 0. The predicted octanol–water partition coefficient (Wildman–Crippen LogP) is 4.16. The number of aryl methyl sites for hydroxylation is 1. The summed E-state index contributed by atoms with van der Waals surface area (Å²) in [4.78, 5) is 0. The van der Waals surface area contributed by atoms with Gasteiger partial charge in [0.1, 0.15) is 0 Å². The third kappa shape index (κ3) is 2.85. The number of benzene rings is 1. The van der Waals surface area contributed by atoms with Gasteiger partial charge in [0.2, 0.25) is 0 Å². The molecule has 1 aromatic rings. The second-order valence-corrected chi connectivity index (χ2v) is 4.48. The van der Waals surface area contributed by atoms with E-state index in [4.69, 9.17) is 5.26 Å². The van der Waals surface area contributed by atoms with E-state index in [1.165, 1.54) is 11.1 Å². The first-order valence-corrected chi connectivity index (χ1v) is 5.57. The highest BCUT2D eigenvalue weighted by atomic mass is 79.9. The fourth-order valence-corrected chi connectivity index (χ4v) is 2.35. The molecule has 0 heterocycles. The fraction of sp³-hybridized carbons (Fsp3) is 0.417. The van der Waals surface area contributed by atoms with Crippen LogP contribution in [0.1, 0.15) is 36.8 Å². The predicted molar refractivity (Wildman–Crippen MR) is 62.1 cm³/mol. The Hall–Kier alpha value is -0.810. The molecule has 0 saturated heterocycles. The third-order valence-electron chi connectivity index (χ3n) is 2.38. The van der Waals surface area contributed by atoms with Crippen LogP contribution in [0.2, 0.25) is 0 Å². The zero-order valence-electron chi connectivity index (χ0n) is 8.55. The molecule has 0 amide bonds. The van der Waals surface area contributed by atoms with Gasteiger partial charge < -0.3 is 0 Å². The van der Waals surface area contributed by atoms with E-state index in [1.807, 2.05) is 0 Å². The Kier molecular flexibility index (Phi) is 4.16. The molecule has 1 rings (SSSR count). The largest absolute Gasteiger partial charge is 0.198 e. The topological polar surface area (TPSA) is 23.8 Å². The van der Waals surface area contributed by atoms with Crippen LogP contribution in [0.4, 0.5) is 0 Å². The Morgan fingerprint density at radius 2 is 2.21 bits per heavy atom. The Morgan fingerprint density at radius 3 is 2.79 bits per heavy atom. The summed E-state index contributed by atoms with van der Waals surface area (Å²) in [6.07, 6.45) is 1.56. The smallest absolute Gasteiger partial charge is 0.0621 e. The van der Waals surface area contributed by atoms with Gasteiger partial charge in [-0.25, -0.2) is 0 Å². The molecule has 0 saturated carbocycles. The lowest BCUT2D eigenvalue weighted by Crippen LogP contribution is -1.94. The SMILES string of the molecule is Cc1ccc(C(C)CCC#N)c(Br)c1. The molecule has 1 nitrogen and oxygen atoms in total. The zero-order valence-corrected chi connectivity index (χ0v) is 10.1. The van der Waals surface area contributed by atoms with Crippen molar-refractivity contribution in [2.24, 2.45) is 0 Å². The van der Waals surface area contributed by atoms with Crippen molar-refractivity contribution < 1.29 is 0 Å². The lowest BCUT2D eigenvalue weighted by molar-refractivity contribution is 0.692. The van der Waals surface area contributed by atoms with Crippen molar-refractivity contribution in [1.82, 2.24) is 0 Å². The summed E-state index contributed by atoms with van der Waals surface area (Å²) in [5.74, 6) is 0.449. The summed E-state index contributed by atoms with van der Waals surface area (Å²) in [5.41, 5.74) is 2.55. The molecule has 0 aliphatic carbocycles. The van der Waals surface area contributed by atoms with Gasteiger partial charge in [0.05, 0.1) is 6.07 Å². The molecule has 0 fully saturated rings. The maximum absolute atomic E-state index is 8.51. The van der Waals surface area contributed by atoms with Crippen LogP contribution < -0.4 is 0 Å². The van der Waals surface area contributed by atoms with E-state index in [2.05, 4.69) is 54.0 Å². The van der Waals surface area contributed by atoms with Crippen molar-refractivity contribution in [2.45, 2.75) is 32.6 Å². The van der Waals surface area contributed by atoms with Gasteiger partial charge in [-0.2, -0.15) is 5.26 Å². The maximum atomic E-state index is 8.51. The summed E-state index contributed by atoms with van der Waals surface area (Å²) in [6.45, 7) is 4.24. The average molecular weight is 252 g/mol. The summed E-state index contributed by atoms with van der Waals surface area (Å²) in [7, 11) is 0. The van der Waals surface area contributed by atoms with Crippen molar-refractivity contribution in [3.63, 3.8) is 0 Å². The van der Waals surface area contributed by atoms with Gasteiger partial charge in [-0.1, -0.05) is 35.0 Å². The van der Waals surface area contributed by atoms with E-state index in [0.717, 1.165) is 10.9 Å². The van der Waals surface area contributed by atoms with Gasteiger partial charge in [-0.3, -0.25) is 0 Å². The zero-order chi connectivity index (χ0) is 10.6. The van der Waals surface area contributed by atoms with Crippen LogP contribution in [0.3, 0.4) is 0 Å². The minimum absolute atomic E-state index is 0.449. The monoisotopic (exact) mass is 251 g/mol. The van der Waals surface area contributed by atoms with E-state index in [-0.39, 0.29) is 0 Å². The van der Waals surface area contributed by atoms with Crippen LogP contribution in [0.5, 0.6) is 0 Å². The van der Waals surface area contributed by atoms with Crippen molar-refractivity contribution in [1.29, 1.82) is 5.26 Å². The van der Waals surface area contributed by atoms with Gasteiger partial charge >= 0.3 is 0 Å². The summed E-state index contributed by atoms with van der Waals surface area (Å²) in [6, 6.07) is 8.56. The summed E-state index contributed by atoms with van der Waals surface area (Å²) < 4.78 is 1.16. The molecule has 0 spiro atoms. The minimum Gasteiger partial charge on any atom is -0.198 e. The van der Waals surface area contributed by atoms with Crippen molar-refractivity contribution in [3.05, 3.63) is 33.8 Å². The maximum Gasteiger partial charge on any atom is 0.0621 e. The lowest BCUT2D eigenvalue weighted by Gasteiger charge is -2.12. The first-order chi connectivity index (χ1) is 6.65. The molecule has 1 aromatic carbocycles. The second kappa shape index (κ2) is 5.17. The van der Waals surface area contributed by atoms with E-state index in [0.29, 0.717) is 12.3 Å². The lowest BCUT2D eigenvalue weighted by atomic mass is 9.96. The fourth-order valence-electron chi connectivity index (χ4n) is 1.47. The van der Waals surface area contributed by atoms with Crippen LogP contribution in [0.15, 0.2) is 22.7 Å². The molecule has 0 aliphatic rings. The third-order valence-corrected chi connectivity index (χ3v) is 3.06. The van der Waals surface area contributed by atoms with Gasteiger partial charge in [-0.15, -0.1) is 0 Å². The number of nitrogens with zero attached hydrogens (tertiary/aromatic N) is 1. The molecule has 1 atom stereocenters. The van der Waals surface area contributed by atoms with Crippen LogP contribution in [-0.4, -0.2) is 0 Å². The quantitative estimate of drug-likeness (QED) is 0.792. The number of hydrogen-bond acceptors (Lipinski definition) is 1. The van der Waals surface area contributed by atoms with Gasteiger partial charge in [0.25, 0.3) is 0 Å². The summed E-state index contributed by atoms with van der Waals surface area (Å²) >= 11 is 3.56. The molecule has 2 heteroatoms. The highest BCUT2D eigenvalue weighted by molar-refractivity contribution is 9.10. The number of nitriles is 1. The standard InChI is InChI=1S/C12H14BrN/c1-9-5-6-11(12(13)8-9)10(2)4-3-7-14/h5-6,8,10H,3-4H2,1-2H3. The average Bonchev–Trinajstić information content (AvgIpc) is 2.14. The van der Waals surface area contributed by atoms with E-state index < -0.39 is 0 Å². The van der Waals surface area contributed by atoms with E-state index in [9.17, 15) is 0 Å². The summed E-state index contributed by atoms with van der Waals surface area (Å²) in [5, 5.41) is 8.51. The molecular formula is C12H14BrN. The molecule has 14 heavy (non-hydrogen) atoms. The highest BCUT2D eigenvalue weighted by Gasteiger charge is 2.08. The van der Waals surface area contributed by atoms with Crippen molar-refractivity contribution in [2.75, 3.05) is 0 Å². The Bertz CT molecular complexity index is 352. The first kappa shape index (κ1) is 11.3. The molecule has 0 N–H and O–H groups in total. The minimum atomic E-state index is 0.449. The van der Waals surface area contributed by atoms with Gasteiger partial charge in [0.15, 0.2) is 0 Å². The van der Waals surface area contributed by atoms with Crippen LogP contribution >= 0.6 is 15.9 Å². The van der Waals surface area contributed by atoms with Gasteiger partial charge in [0, 0.05) is 10.9 Å².